The Labute approximate surface area is 141 Å². The molecule has 1 saturated heterocycles. The summed E-state index contributed by atoms with van der Waals surface area (Å²) in [6.07, 6.45) is 4.35. The summed E-state index contributed by atoms with van der Waals surface area (Å²) < 4.78 is 27.6. The van der Waals surface area contributed by atoms with Crippen LogP contribution < -0.4 is 10.6 Å². The molecule has 1 aliphatic heterocycles. The molecule has 1 aromatic rings. The van der Waals surface area contributed by atoms with E-state index in [0.717, 1.165) is 31.8 Å². The number of nitrogens with zero attached hydrogens (tertiary/aromatic N) is 1. The molecule has 0 radical (unpaired) electrons. The number of likely N-dealkylation sites (tertiary alicyclic amines) is 1. The Bertz CT molecular complexity index is 557. The van der Waals surface area contributed by atoms with Gasteiger partial charge < -0.3 is 10.6 Å². The number of nitrogens with one attached hydrogen (secondary N) is 2. The lowest BCUT2D eigenvalue weighted by Crippen LogP contribution is -2.49. The van der Waals surface area contributed by atoms with Crippen molar-refractivity contribution < 1.29 is 13.6 Å². The first-order chi connectivity index (χ1) is 11.6. The zero-order valence-corrected chi connectivity index (χ0v) is 13.9. The molecule has 0 aromatic heterocycles. The summed E-state index contributed by atoms with van der Waals surface area (Å²) in [6.45, 7) is 2.92. The minimum atomic E-state index is -0.509. The molecule has 1 heterocycles. The number of carbonyl (C=O) groups excluding carboxylic acids is 1. The summed E-state index contributed by atoms with van der Waals surface area (Å²) in [5.41, 5.74) is 0.107. The number of benzene rings is 1. The van der Waals surface area contributed by atoms with Crippen molar-refractivity contribution in [2.24, 2.45) is 5.92 Å². The van der Waals surface area contributed by atoms with Gasteiger partial charge in [0.2, 0.25) is 5.91 Å². The van der Waals surface area contributed by atoms with Crippen molar-refractivity contribution in [3.63, 3.8) is 0 Å². The van der Waals surface area contributed by atoms with Gasteiger partial charge in [0.25, 0.3) is 0 Å². The molecular weight excluding hydrogens is 312 g/mol. The van der Waals surface area contributed by atoms with Crippen molar-refractivity contribution >= 4 is 5.91 Å². The van der Waals surface area contributed by atoms with Crippen LogP contribution in [0.2, 0.25) is 0 Å². The molecule has 1 saturated carbocycles. The Morgan fingerprint density at radius 1 is 1.21 bits per heavy atom. The van der Waals surface area contributed by atoms with E-state index < -0.39 is 11.6 Å². The van der Waals surface area contributed by atoms with Crippen molar-refractivity contribution in [2.45, 2.75) is 38.3 Å². The van der Waals surface area contributed by atoms with Crippen LogP contribution in [-0.2, 0) is 11.3 Å². The molecule has 6 heteroatoms. The van der Waals surface area contributed by atoms with Crippen LogP contribution in [0.1, 0.15) is 31.2 Å². The monoisotopic (exact) mass is 337 g/mol. The first kappa shape index (κ1) is 17.3. The van der Waals surface area contributed by atoms with Gasteiger partial charge in [-0.25, -0.2) is 8.78 Å². The second-order valence-corrected chi connectivity index (χ2v) is 6.92. The van der Waals surface area contributed by atoms with Crippen LogP contribution in [0.4, 0.5) is 8.78 Å². The van der Waals surface area contributed by atoms with Crippen molar-refractivity contribution in [1.29, 1.82) is 0 Å². The zero-order valence-electron chi connectivity index (χ0n) is 13.9. The van der Waals surface area contributed by atoms with Crippen LogP contribution in [0, 0.1) is 17.6 Å². The van der Waals surface area contributed by atoms with Gasteiger partial charge in [-0.1, -0.05) is 6.07 Å². The average molecular weight is 337 g/mol. The number of rotatable bonds is 7. The molecule has 1 unspecified atom stereocenters. The van der Waals surface area contributed by atoms with Crippen molar-refractivity contribution in [2.75, 3.05) is 26.2 Å². The van der Waals surface area contributed by atoms with E-state index in [1.807, 2.05) is 4.90 Å². The molecule has 24 heavy (non-hydrogen) atoms. The Morgan fingerprint density at radius 3 is 2.67 bits per heavy atom. The molecule has 3 rings (SSSR count). The molecule has 1 atom stereocenters. The van der Waals surface area contributed by atoms with E-state index in [4.69, 9.17) is 0 Å². The maximum atomic E-state index is 13.8. The SMILES string of the molecule is O=C(CNCC1CC1)NC1CCCN(Cc2c(F)cccc2F)C1. The highest BCUT2D eigenvalue weighted by Gasteiger charge is 2.24. The fraction of sp³-hybridized carbons (Fsp3) is 0.611. The molecule has 0 spiro atoms. The third-order valence-electron chi connectivity index (χ3n) is 4.73. The van der Waals surface area contributed by atoms with Crippen molar-refractivity contribution in [3.8, 4) is 0 Å². The molecule has 1 amide bonds. The highest BCUT2D eigenvalue weighted by Crippen LogP contribution is 2.27. The molecular formula is C18H25F2N3O. The molecule has 1 aromatic carbocycles. The van der Waals surface area contributed by atoms with Gasteiger partial charge in [0.05, 0.1) is 6.54 Å². The minimum absolute atomic E-state index is 0.000396. The summed E-state index contributed by atoms with van der Waals surface area (Å²) in [4.78, 5) is 14.0. The molecule has 0 bridgehead atoms. The van der Waals surface area contributed by atoms with Gasteiger partial charge in [0, 0.05) is 24.7 Å². The van der Waals surface area contributed by atoms with Crippen LogP contribution in [0.15, 0.2) is 18.2 Å². The number of amides is 1. The standard InChI is InChI=1S/C18H25F2N3O/c19-16-4-1-5-17(20)15(16)12-23-8-2-3-14(11-23)22-18(24)10-21-9-13-6-7-13/h1,4-5,13-14,21H,2-3,6-12H2,(H,22,24). The Kier molecular flexibility index (Phi) is 5.79. The number of halogens is 2. The van der Waals surface area contributed by atoms with Crippen molar-refractivity contribution in [3.05, 3.63) is 35.4 Å². The Balaban J connectivity index is 1.46. The van der Waals surface area contributed by atoms with E-state index in [2.05, 4.69) is 10.6 Å². The maximum absolute atomic E-state index is 13.8. The fourth-order valence-electron chi connectivity index (χ4n) is 3.21. The normalized spacial score (nSPS) is 21.7. The third kappa shape index (κ3) is 4.98. The lowest BCUT2D eigenvalue weighted by atomic mass is 10.0. The Hall–Kier alpha value is -1.53. The van der Waals surface area contributed by atoms with E-state index in [1.54, 1.807) is 0 Å². The quantitative estimate of drug-likeness (QED) is 0.800. The van der Waals surface area contributed by atoms with Crippen LogP contribution in [0.3, 0.4) is 0 Å². The summed E-state index contributed by atoms with van der Waals surface area (Å²) in [7, 11) is 0. The third-order valence-corrected chi connectivity index (χ3v) is 4.73. The summed E-state index contributed by atoms with van der Waals surface area (Å²) in [5, 5.41) is 6.21. The molecule has 2 fully saturated rings. The zero-order chi connectivity index (χ0) is 16.9. The first-order valence-electron chi connectivity index (χ1n) is 8.77. The highest BCUT2D eigenvalue weighted by atomic mass is 19.1. The number of hydrogen-bond donors (Lipinski definition) is 2. The molecule has 1 aliphatic carbocycles. The first-order valence-corrected chi connectivity index (χ1v) is 8.77. The topological polar surface area (TPSA) is 44.4 Å². The highest BCUT2D eigenvalue weighted by molar-refractivity contribution is 5.78. The van der Waals surface area contributed by atoms with Gasteiger partial charge in [0.1, 0.15) is 11.6 Å². The van der Waals surface area contributed by atoms with Crippen LogP contribution in [0.25, 0.3) is 0 Å². The molecule has 2 aliphatic rings. The lowest BCUT2D eigenvalue weighted by molar-refractivity contribution is -0.121. The van der Waals surface area contributed by atoms with E-state index >= 15 is 0 Å². The fourth-order valence-corrected chi connectivity index (χ4v) is 3.21. The second-order valence-electron chi connectivity index (χ2n) is 6.92. The van der Waals surface area contributed by atoms with E-state index in [0.29, 0.717) is 13.1 Å². The molecule has 4 nitrogen and oxygen atoms in total. The predicted molar refractivity (Wildman–Crippen MR) is 88.4 cm³/mol. The van der Waals surface area contributed by atoms with Gasteiger partial charge in [-0.05, 0) is 56.8 Å². The van der Waals surface area contributed by atoms with E-state index in [1.165, 1.54) is 31.0 Å². The van der Waals surface area contributed by atoms with Crippen molar-refractivity contribution in [1.82, 2.24) is 15.5 Å². The number of hydrogen-bond acceptors (Lipinski definition) is 3. The number of carbonyl (C=O) groups is 1. The van der Waals surface area contributed by atoms with E-state index in [-0.39, 0.29) is 24.1 Å². The second kappa shape index (κ2) is 8.03. The summed E-state index contributed by atoms with van der Waals surface area (Å²) >= 11 is 0. The number of piperidine rings is 1. The van der Waals surface area contributed by atoms with Gasteiger partial charge in [-0.3, -0.25) is 9.69 Å². The molecule has 132 valence electrons. The van der Waals surface area contributed by atoms with Gasteiger partial charge in [-0.15, -0.1) is 0 Å². The molecule has 2 N–H and O–H groups in total. The van der Waals surface area contributed by atoms with E-state index in [9.17, 15) is 13.6 Å². The summed E-state index contributed by atoms with van der Waals surface area (Å²) in [6, 6.07) is 3.99. The van der Waals surface area contributed by atoms with Crippen LogP contribution in [0.5, 0.6) is 0 Å². The smallest absolute Gasteiger partial charge is 0.234 e. The van der Waals surface area contributed by atoms with Crippen LogP contribution >= 0.6 is 0 Å². The van der Waals surface area contributed by atoms with Gasteiger partial charge in [0.15, 0.2) is 0 Å². The maximum Gasteiger partial charge on any atom is 0.234 e. The van der Waals surface area contributed by atoms with Gasteiger partial charge >= 0.3 is 0 Å². The van der Waals surface area contributed by atoms with Crippen LogP contribution in [-0.4, -0.2) is 43.0 Å². The van der Waals surface area contributed by atoms with Gasteiger partial charge in [-0.2, -0.15) is 0 Å². The Morgan fingerprint density at radius 2 is 1.96 bits per heavy atom. The predicted octanol–water partition coefficient (Wildman–Crippen LogP) is 2.04. The lowest BCUT2D eigenvalue weighted by Gasteiger charge is -2.33. The largest absolute Gasteiger partial charge is 0.351 e. The average Bonchev–Trinajstić information content (AvgIpc) is 3.36. The minimum Gasteiger partial charge on any atom is -0.351 e. The summed E-state index contributed by atoms with van der Waals surface area (Å²) in [5.74, 6) is -0.269.